The van der Waals surface area contributed by atoms with E-state index in [9.17, 15) is 0 Å². The first-order valence-electron chi connectivity index (χ1n) is 6.87. The molecule has 0 amide bonds. The average molecular weight is 242 g/mol. The molecule has 0 N–H and O–H groups in total. The lowest BCUT2D eigenvalue weighted by Crippen LogP contribution is -2.47. The Morgan fingerprint density at radius 2 is 1.75 bits per heavy atom. The molecule has 0 aromatic heterocycles. The van der Waals surface area contributed by atoms with Crippen molar-refractivity contribution in [2.45, 2.75) is 32.6 Å². The van der Waals surface area contributed by atoms with E-state index in [0.717, 1.165) is 17.7 Å². The van der Waals surface area contributed by atoms with Gasteiger partial charge in [-0.15, -0.1) is 0 Å². The molecule has 2 nitrogen and oxygen atoms in total. The van der Waals surface area contributed by atoms with Gasteiger partial charge in [0.05, 0.1) is 0 Å². The summed E-state index contributed by atoms with van der Waals surface area (Å²) in [5.41, 5.74) is 0. The molecule has 0 aromatic rings. The van der Waals surface area contributed by atoms with Crippen LogP contribution in [0.4, 0.5) is 0 Å². The summed E-state index contributed by atoms with van der Waals surface area (Å²) < 4.78 is 0. The Bertz CT molecular complexity index is 196. The quantitative estimate of drug-likeness (QED) is 0.739. The summed E-state index contributed by atoms with van der Waals surface area (Å²) in [4.78, 5) is 5.09. The summed E-state index contributed by atoms with van der Waals surface area (Å²) in [6, 6.07) is 0. The lowest BCUT2D eigenvalue weighted by molar-refractivity contribution is 0.0840. The molecule has 16 heavy (non-hydrogen) atoms. The minimum atomic E-state index is 0.941. The number of hydrogen-bond acceptors (Lipinski definition) is 3. The number of piperidine rings is 1. The van der Waals surface area contributed by atoms with Crippen LogP contribution >= 0.6 is 12.6 Å². The van der Waals surface area contributed by atoms with Crippen molar-refractivity contribution in [3.63, 3.8) is 0 Å². The number of thiol groups is 1. The van der Waals surface area contributed by atoms with Crippen molar-refractivity contribution in [2.75, 3.05) is 38.6 Å². The van der Waals surface area contributed by atoms with Crippen molar-refractivity contribution >= 4 is 12.6 Å². The van der Waals surface area contributed by atoms with Crippen LogP contribution in [0.3, 0.4) is 0 Å². The van der Waals surface area contributed by atoms with Crippen molar-refractivity contribution in [3.05, 3.63) is 0 Å². The van der Waals surface area contributed by atoms with E-state index in [1.165, 1.54) is 58.4 Å². The summed E-state index contributed by atoms with van der Waals surface area (Å²) in [6.45, 7) is 8.94. The lowest BCUT2D eigenvalue weighted by Gasteiger charge is -2.40. The molecule has 0 aliphatic carbocycles. The second kappa shape index (κ2) is 6.27. The summed E-state index contributed by atoms with van der Waals surface area (Å²) in [7, 11) is 0. The van der Waals surface area contributed by atoms with Gasteiger partial charge in [-0.25, -0.2) is 0 Å². The van der Waals surface area contributed by atoms with E-state index in [-0.39, 0.29) is 0 Å². The second-order valence-electron chi connectivity index (χ2n) is 5.53. The molecule has 2 aliphatic rings. The maximum Gasteiger partial charge on any atom is 0.0414 e. The third kappa shape index (κ3) is 3.38. The maximum atomic E-state index is 4.34. The molecule has 94 valence electrons. The van der Waals surface area contributed by atoms with Crippen LogP contribution in [0.5, 0.6) is 0 Å². The van der Waals surface area contributed by atoms with Gasteiger partial charge in [-0.2, -0.15) is 12.6 Å². The molecule has 0 aromatic carbocycles. The Balaban J connectivity index is 1.54. The predicted molar refractivity (Wildman–Crippen MR) is 73.0 cm³/mol. The van der Waals surface area contributed by atoms with Gasteiger partial charge in [-0.1, -0.05) is 13.3 Å². The van der Waals surface area contributed by atoms with Crippen LogP contribution in [0.15, 0.2) is 0 Å². The molecule has 2 aliphatic heterocycles. The zero-order valence-corrected chi connectivity index (χ0v) is 11.5. The fourth-order valence-electron chi connectivity index (χ4n) is 2.90. The third-order valence-electron chi connectivity index (χ3n) is 4.37. The Morgan fingerprint density at radius 3 is 2.31 bits per heavy atom. The third-order valence-corrected chi connectivity index (χ3v) is 4.77. The van der Waals surface area contributed by atoms with Crippen molar-refractivity contribution in [2.24, 2.45) is 11.8 Å². The van der Waals surface area contributed by atoms with Gasteiger partial charge >= 0.3 is 0 Å². The lowest BCUT2D eigenvalue weighted by atomic mass is 9.91. The van der Waals surface area contributed by atoms with E-state index in [4.69, 9.17) is 0 Å². The van der Waals surface area contributed by atoms with E-state index in [2.05, 4.69) is 29.4 Å². The van der Waals surface area contributed by atoms with Gasteiger partial charge in [-0.3, -0.25) is 4.90 Å². The minimum Gasteiger partial charge on any atom is -0.303 e. The minimum absolute atomic E-state index is 0.941. The molecule has 2 rings (SSSR count). The molecule has 0 atom stereocenters. The molecule has 3 heteroatoms. The first-order valence-corrected chi connectivity index (χ1v) is 7.50. The van der Waals surface area contributed by atoms with Crippen LogP contribution in [-0.2, 0) is 0 Å². The van der Waals surface area contributed by atoms with Crippen LogP contribution in [-0.4, -0.2) is 48.4 Å². The van der Waals surface area contributed by atoms with E-state index in [1.54, 1.807) is 0 Å². The Hall–Kier alpha value is 0.270. The molecule has 2 heterocycles. The normalized spacial score (nSPS) is 25.9. The summed E-state index contributed by atoms with van der Waals surface area (Å²) in [6.07, 6.45) is 5.59. The van der Waals surface area contributed by atoms with Gasteiger partial charge in [0.15, 0.2) is 0 Å². The van der Waals surface area contributed by atoms with Crippen LogP contribution in [0.2, 0.25) is 0 Å². The summed E-state index contributed by atoms with van der Waals surface area (Å²) >= 11 is 4.34. The van der Waals surface area contributed by atoms with Crippen LogP contribution in [0.25, 0.3) is 0 Å². The van der Waals surface area contributed by atoms with Crippen molar-refractivity contribution in [1.29, 1.82) is 0 Å². The zero-order valence-electron chi connectivity index (χ0n) is 10.6. The molecule has 0 unspecified atom stereocenters. The Kier molecular flexibility index (Phi) is 4.98. The molecule has 0 saturated carbocycles. The van der Waals surface area contributed by atoms with Crippen LogP contribution in [0, 0.1) is 11.8 Å². The molecule has 0 bridgehead atoms. The van der Waals surface area contributed by atoms with Gasteiger partial charge in [0.1, 0.15) is 0 Å². The Morgan fingerprint density at radius 1 is 1.06 bits per heavy atom. The van der Waals surface area contributed by atoms with Crippen LogP contribution in [0.1, 0.15) is 32.6 Å². The highest BCUT2D eigenvalue weighted by Crippen LogP contribution is 2.24. The largest absolute Gasteiger partial charge is 0.303 e. The highest BCUT2D eigenvalue weighted by atomic mass is 32.1. The van der Waals surface area contributed by atoms with Crippen LogP contribution < -0.4 is 0 Å². The second-order valence-corrected chi connectivity index (χ2v) is 5.81. The van der Waals surface area contributed by atoms with E-state index < -0.39 is 0 Å². The summed E-state index contributed by atoms with van der Waals surface area (Å²) in [5, 5.41) is 0. The topological polar surface area (TPSA) is 6.48 Å². The van der Waals surface area contributed by atoms with Gasteiger partial charge < -0.3 is 4.90 Å². The number of nitrogens with zero attached hydrogens (tertiary/aromatic N) is 2. The smallest absolute Gasteiger partial charge is 0.0414 e. The molecular formula is C13H26N2S. The number of hydrogen-bond donors (Lipinski definition) is 1. The first kappa shape index (κ1) is 12.7. The van der Waals surface area contributed by atoms with E-state index >= 15 is 0 Å². The monoisotopic (exact) mass is 242 g/mol. The van der Waals surface area contributed by atoms with E-state index in [0.29, 0.717) is 0 Å². The van der Waals surface area contributed by atoms with Gasteiger partial charge in [0, 0.05) is 19.0 Å². The molecule has 0 radical (unpaired) electrons. The Labute approximate surface area is 106 Å². The molecule has 0 spiro atoms. The fourth-order valence-corrected chi connectivity index (χ4v) is 3.18. The van der Waals surface area contributed by atoms with Gasteiger partial charge in [-0.05, 0) is 50.7 Å². The highest BCUT2D eigenvalue weighted by molar-refractivity contribution is 7.80. The van der Waals surface area contributed by atoms with Crippen molar-refractivity contribution in [1.82, 2.24) is 9.80 Å². The number of likely N-dealkylation sites (tertiary alicyclic amines) is 2. The van der Waals surface area contributed by atoms with Gasteiger partial charge in [0.25, 0.3) is 0 Å². The predicted octanol–water partition coefficient (Wildman–Crippen LogP) is 2.32. The first-order chi connectivity index (χ1) is 7.81. The standard InChI is InChI=1S/C13H26N2S/c1-2-12-9-15(10-12)8-5-13-3-6-14(11-16)7-4-13/h12-13,16H,2-11H2,1H3. The fraction of sp³-hybridized carbons (Fsp3) is 1.00. The summed E-state index contributed by atoms with van der Waals surface area (Å²) in [5.74, 6) is 2.93. The maximum absolute atomic E-state index is 4.34. The van der Waals surface area contributed by atoms with Gasteiger partial charge in [0.2, 0.25) is 0 Å². The molecule has 2 fully saturated rings. The SMILES string of the molecule is CCC1CN(CCC2CCN(CS)CC2)C1. The molecular weight excluding hydrogens is 216 g/mol. The molecule has 2 saturated heterocycles. The number of rotatable bonds is 5. The van der Waals surface area contributed by atoms with Crippen molar-refractivity contribution < 1.29 is 0 Å². The van der Waals surface area contributed by atoms with E-state index in [1.807, 2.05) is 0 Å². The zero-order chi connectivity index (χ0) is 11.4. The highest BCUT2D eigenvalue weighted by Gasteiger charge is 2.26. The average Bonchev–Trinajstić information content (AvgIpc) is 2.28. The van der Waals surface area contributed by atoms with Crippen molar-refractivity contribution in [3.8, 4) is 0 Å².